The highest BCUT2D eigenvalue weighted by Crippen LogP contribution is 1.90. The van der Waals surface area contributed by atoms with Gasteiger partial charge >= 0.3 is 12.0 Å². The largest absolute Gasteiger partial charge is 0.480 e. The summed E-state index contributed by atoms with van der Waals surface area (Å²) in [5, 5.41) is 11.3. The minimum atomic E-state index is -1.01. The highest BCUT2D eigenvalue weighted by molar-refractivity contribution is 5.79. The zero-order valence-corrected chi connectivity index (χ0v) is 10.6. The predicted molar refractivity (Wildman–Crippen MR) is 64.0 cm³/mol. The van der Waals surface area contributed by atoms with Crippen molar-refractivity contribution in [3.8, 4) is 0 Å². The van der Waals surface area contributed by atoms with E-state index >= 15 is 0 Å². The van der Waals surface area contributed by atoms with Crippen LogP contribution in [-0.4, -0.2) is 54.9 Å². The number of hydrogen-bond donors (Lipinski definition) is 2. The Labute approximate surface area is 102 Å². The number of aliphatic carboxylic acids is 1. The lowest BCUT2D eigenvalue weighted by molar-refractivity contribution is -0.137. The molecule has 0 aromatic rings. The molecule has 0 aliphatic carbocycles. The third kappa shape index (κ3) is 8.50. The van der Waals surface area contributed by atoms with Gasteiger partial charge in [0.2, 0.25) is 0 Å². The fourth-order valence-corrected chi connectivity index (χ4v) is 1.22. The second kappa shape index (κ2) is 9.89. The summed E-state index contributed by atoms with van der Waals surface area (Å²) >= 11 is 0. The summed E-state index contributed by atoms with van der Waals surface area (Å²) in [6, 6.07) is -0.342. The van der Waals surface area contributed by atoms with E-state index in [1.165, 1.54) is 4.90 Å². The Morgan fingerprint density at radius 1 is 1.29 bits per heavy atom. The van der Waals surface area contributed by atoms with Crippen molar-refractivity contribution in [2.45, 2.75) is 26.7 Å². The molecule has 0 saturated carbocycles. The number of urea groups is 1. The summed E-state index contributed by atoms with van der Waals surface area (Å²) < 4.78 is 5.26. The molecule has 0 aromatic heterocycles. The molecule has 0 aromatic carbocycles. The van der Waals surface area contributed by atoms with Crippen molar-refractivity contribution in [3.05, 3.63) is 0 Å². The summed E-state index contributed by atoms with van der Waals surface area (Å²) in [6.07, 6.45) is 1.71. The molecule has 0 spiro atoms. The first kappa shape index (κ1) is 15.7. The second-order valence-corrected chi connectivity index (χ2v) is 3.61. The van der Waals surface area contributed by atoms with Crippen LogP contribution in [0.1, 0.15) is 26.7 Å². The number of carboxylic acids is 1. The number of carboxylic acid groups (broad SMARTS) is 1. The lowest BCUT2D eigenvalue weighted by Gasteiger charge is -2.19. The van der Waals surface area contributed by atoms with Crippen LogP contribution in [0, 0.1) is 0 Å². The first-order valence-electron chi connectivity index (χ1n) is 5.94. The molecule has 100 valence electrons. The van der Waals surface area contributed by atoms with Crippen LogP contribution >= 0.6 is 0 Å². The molecule has 0 bridgehead atoms. The number of nitrogens with one attached hydrogen (secondary N) is 1. The van der Waals surface area contributed by atoms with Gasteiger partial charge < -0.3 is 20.1 Å². The summed E-state index contributed by atoms with van der Waals surface area (Å²) in [7, 11) is 0. The van der Waals surface area contributed by atoms with E-state index in [9.17, 15) is 9.59 Å². The topological polar surface area (TPSA) is 78.9 Å². The molecule has 2 amide bonds. The van der Waals surface area contributed by atoms with E-state index in [-0.39, 0.29) is 12.6 Å². The highest BCUT2D eigenvalue weighted by atomic mass is 16.5. The van der Waals surface area contributed by atoms with Gasteiger partial charge in [-0.05, 0) is 19.8 Å². The van der Waals surface area contributed by atoms with E-state index in [2.05, 4.69) is 5.32 Å². The highest BCUT2D eigenvalue weighted by Gasteiger charge is 2.13. The maximum absolute atomic E-state index is 11.5. The van der Waals surface area contributed by atoms with E-state index in [1.807, 2.05) is 6.92 Å². The molecule has 0 heterocycles. The SMILES string of the molecule is CCCOCCCNC(=O)N(CC)CC(=O)O. The van der Waals surface area contributed by atoms with Gasteiger partial charge in [-0.3, -0.25) is 4.79 Å². The molecule has 6 heteroatoms. The zero-order valence-electron chi connectivity index (χ0n) is 10.6. The number of rotatable bonds is 9. The van der Waals surface area contributed by atoms with Crippen molar-refractivity contribution in [3.63, 3.8) is 0 Å². The van der Waals surface area contributed by atoms with Crippen LogP contribution in [-0.2, 0) is 9.53 Å². The Balaban J connectivity index is 3.64. The van der Waals surface area contributed by atoms with Crippen molar-refractivity contribution in [1.82, 2.24) is 10.2 Å². The number of likely N-dealkylation sites (N-methyl/N-ethyl adjacent to an activating group) is 1. The van der Waals surface area contributed by atoms with Gasteiger partial charge in [-0.2, -0.15) is 0 Å². The van der Waals surface area contributed by atoms with Gasteiger partial charge in [0.25, 0.3) is 0 Å². The third-order valence-corrected chi connectivity index (χ3v) is 2.09. The molecule has 0 aliphatic heterocycles. The van der Waals surface area contributed by atoms with E-state index in [1.54, 1.807) is 6.92 Å². The van der Waals surface area contributed by atoms with E-state index in [0.29, 0.717) is 19.7 Å². The van der Waals surface area contributed by atoms with Crippen LogP contribution in [0.2, 0.25) is 0 Å². The summed E-state index contributed by atoms with van der Waals surface area (Å²) in [6.45, 7) is 5.73. The molecule has 0 aliphatic rings. The maximum atomic E-state index is 11.5. The monoisotopic (exact) mass is 246 g/mol. The molecule has 6 nitrogen and oxygen atoms in total. The first-order valence-corrected chi connectivity index (χ1v) is 5.94. The number of carbonyl (C=O) groups is 2. The molecular formula is C11H22N2O4. The summed E-state index contributed by atoms with van der Waals surface area (Å²) in [5.41, 5.74) is 0. The smallest absolute Gasteiger partial charge is 0.323 e. The Morgan fingerprint density at radius 2 is 2.00 bits per heavy atom. The summed E-state index contributed by atoms with van der Waals surface area (Å²) in [5.74, 6) is -1.01. The van der Waals surface area contributed by atoms with Crippen molar-refractivity contribution in [2.24, 2.45) is 0 Å². The van der Waals surface area contributed by atoms with Crippen molar-refractivity contribution in [1.29, 1.82) is 0 Å². The number of hydrogen-bond acceptors (Lipinski definition) is 3. The Kier molecular flexibility index (Phi) is 9.14. The first-order chi connectivity index (χ1) is 8.11. The fourth-order valence-electron chi connectivity index (χ4n) is 1.22. The van der Waals surface area contributed by atoms with Crippen molar-refractivity contribution >= 4 is 12.0 Å². The summed E-state index contributed by atoms with van der Waals surface area (Å²) in [4.78, 5) is 23.2. The lowest BCUT2D eigenvalue weighted by Crippen LogP contribution is -2.43. The Bertz CT molecular complexity index is 234. The molecule has 0 saturated heterocycles. The Hall–Kier alpha value is -1.30. The number of amides is 2. The average Bonchev–Trinajstić information content (AvgIpc) is 2.30. The quantitative estimate of drug-likeness (QED) is 0.593. The molecule has 0 unspecified atom stereocenters. The van der Waals surface area contributed by atoms with Gasteiger partial charge in [0.05, 0.1) is 0 Å². The molecule has 0 rings (SSSR count). The minimum Gasteiger partial charge on any atom is -0.480 e. The van der Waals surface area contributed by atoms with Crippen LogP contribution in [0.3, 0.4) is 0 Å². The van der Waals surface area contributed by atoms with E-state index in [4.69, 9.17) is 9.84 Å². The van der Waals surface area contributed by atoms with Gasteiger partial charge in [0.1, 0.15) is 6.54 Å². The number of ether oxygens (including phenoxy) is 1. The van der Waals surface area contributed by atoms with Gasteiger partial charge in [0.15, 0.2) is 0 Å². The van der Waals surface area contributed by atoms with Gasteiger partial charge in [-0.15, -0.1) is 0 Å². The van der Waals surface area contributed by atoms with Crippen LogP contribution in [0.25, 0.3) is 0 Å². The van der Waals surface area contributed by atoms with Crippen LogP contribution < -0.4 is 5.32 Å². The van der Waals surface area contributed by atoms with Crippen molar-refractivity contribution in [2.75, 3.05) is 32.8 Å². The van der Waals surface area contributed by atoms with Gasteiger partial charge in [-0.1, -0.05) is 6.92 Å². The molecule has 17 heavy (non-hydrogen) atoms. The Morgan fingerprint density at radius 3 is 2.53 bits per heavy atom. The molecule has 0 radical (unpaired) electrons. The molecular weight excluding hydrogens is 224 g/mol. The molecule has 0 fully saturated rings. The van der Waals surface area contributed by atoms with Crippen LogP contribution in [0.4, 0.5) is 4.79 Å². The second-order valence-electron chi connectivity index (χ2n) is 3.61. The molecule has 0 atom stereocenters. The maximum Gasteiger partial charge on any atom is 0.323 e. The lowest BCUT2D eigenvalue weighted by atomic mass is 10.4. The fraction of sp³-hybridized carbons (Fsp3) is 0.818. The normalized spacial score (nSPS) is 10.0. The average molecular weight is 246 g/mol. The van der Waals surface area contributed by atoms with E-state index < -0.39 is 5.97 Å². The minimum absolute atomic E-state index is 0.269. The van der Waals surface area contributed by atoms with Crippen molar-refractivity contribution < 1.29 is 19.4 Å². The number of carbonyl (C=O) groups excluding carboxylic acids is 1. The predicted octanol–water partition coefficient (Wildman–Crippen LogP) is 0.919. The zero-order chi connectivity index (χ0) is 13.1. The van der Waals surface area contributed by atoms with Crippen LogP contribution in [0.5, 0.6) is 0 Å². The number of nitrogens with zero attached hydrogens (tertiary/aromatic N) is 1. The van der Waals surface area contributed by atoms with Gasteiger partial charge in [0, 0.05) is 26.3 Å². The van der Waals surface area contributed by atoms with E-state index in [0.717, 1.165) is 19.4 Å². The molecule has 2 N–H and O–H groups in total. The third-order valence-electron chi connectivity index (χ3n) is 2.09. The van der Waals surface area contributed by atoms with Gasteiger partial charge in [-0.25, -0.2) is 4.79 Å². The standard InChI is InChI=1S/C11H22N2O4/c1-3-7-17-8-5-6-12-11(16)13(4-2)9-10(14)15/h3-9H2,1-2H3,(H,12,16)(H,14,15). The van der Waals surface area contributed by atoms with Crippen LogP contribution in [0.15, 0.2) is 0 Å².